The Labute approximate surface area is 203 Å². The molecule has 35 heavy (non-hydrogen) atoms. The molecule has 1 amide bonds. The third kappa shape index (κ3) is 5.18. The summed E-state index contributed by atoms with van der Waals surface area (Å²) in [7, 11) is -4.00. The summed E-state index contributed by atoms with van der Waals surface area (Å²) in [6.07, 6.45) is 1.07. The molecule has 1 aliphatic carbocycles. The molecule has 1 aromatic heterocycles. The summed E-state index contributed by atoms with van der Waals surface area (Å²) in [5, 5.41) is 0.683. The van der Waals surface area contributed by atoms with E-state index in [1.165, 1.54) is 34.9 Å². The number of nitrogens with one attached hydrogen (secondary N) is 1. The van der Waals surface area contributed by atoms with Crippen LogP contribution in [0.3, 0.4) is 0 Å². The van der Waals surface area contributed by atoms with E-state index >= 15 is 0 Å². The van der Waals surface area contributed by atoms with Crippen molar-refractivity contribution in [2.45, 2.75) is 19.1 Å². The zero-order chi connectivity index (χ0) is 25.5. The van der Waals surface area contributed by atoms with E-state index in [1.54, 1.807) is 18.2 Å². The number of aromatic nitrogens is 1. The third-order valence-electron chi connectivity index (χ3n) is 5.39. The van der Waals surface area contributed by atoms with Gasteiger partial charge in [-0.2, -0.15) is 13.2 Å². The highest BCUT2D eigenvalue weighted by Gasteiger charge is 2.32. The van der Waals surface area contributed by atoms with Crippen molar-refractivity contribution in [3.8, 4) is 0 Å². The lowest BCUT2D eigenvalue weighted by atomic mass is 9.93. The van der Waals surface area contributed by atoms with Gasteiger partial charge in [-0.05, 0) is 35.9 Å². The van der Waals surface area contributed by atoms with Crippen molar-refractivity contribution < 1.29 is 31.2 Å². The Bertz CT molecular complexity index is 1540. The highest BCUT2D eigenvalue weighted by Crippen LogP contribution is 2.37. The topological polar surface area (TPSA) is 85.2 Å². The summed E-state index contributed by atoms with van der Waals surface area (Å²) in [6, 6.07) is 9.21. The van der Waals surface area contributed by atoms with E-state index in [1.807, 2.05) is 4.72 Å². The molecular formula is C24H18ClF3N2O4S. The van der Waals surface area contributed by atoms with E-state index in [0.29, 0.717) is 15.9 Å². The zero-order valence-corrected chi connectivity index (χ0v) is 19.8. The molecule has 0 saturated carbocycles. The molecule has 0 saturated heterocycles. The fourth-order valence-corrected chi connectivity index (χ4v) is 4.62. The standard InChI is InChI=1S/C24H18ClF3N2O4S/c1-35(33,34)29-23(32)22-21(17-7-2-3-8-20(17)31)18-12-16(25)9-10-19(18)30(22)13-14-5-4-6-15(11-14)24(26,27)28/h2-7,9-12H,8,13H2,1H3,(H,29,32). The molecule has 0 radical (unpaired) electrons. The first-order valence-electron chi connectivity index (χ1n) is 10.3. The number of carbonyl (C=O) groups is 2. The van der Waals surface area contributed by atoms with Crippen molar-refractivity contribution in [2.75, 3.05) is 6.26 Å². The fraction of sp³-hybridized carbons (Fsp3) is 0.167. The van der Waals surface area contributed by atoms with Gasteiger partial charge in [0.2, 0.25) is 10.0 Å². The van der Waals surface area contributed by atoms with Crippen molar-refractivity contribution in [3.05, 3.63) is 88.1 Å². The normalized spacial score (nSPS) is 14.3. The minimum absolute atomic E-state index is 0.0693. The molecule has 0 aliphatic heterocycles. The van der Waals surface area contributed by atoms with Crippen LogP contribution in [-0.2, 0) is 27.5 Å². The molecule has 1 N–H and O–H groups in total. The summed E-state index contributed by atoms with van der Waals surface area (Å²) in [5.41, 5.74) is -0.113. The van der Waals surface area contributed by atoms with Crippen molar-refractivity contribution in [1.82, 2.24) is 9.29 Å². The summed E-state index contributed by atoms with van der Waals surface area (Å²) < 4.78 is 66.9. The summed E-state index contributed by atoms with van der Waals surface area (Å²) in [5.74, 6) is -1.33. The number of allylic oxidation sites excluding steroid dienone is 4. The number of fused-ring (bicyclic) bond motifs is 1. The van der Waals surface area contributed by atoms with Crippen molar-refractivity contribution in [1.29, 1.82) is 0 Å². The monoisotopic (exact) mass is 522 g/mol. The number of halogens is 4. The number of hydrogen-bond acceptors (Lipinski definition) is 4. The van der Waals surface area contributed by atoms with Crippen molar-refractivity contribution in [2.24, 2.45) is 0 Å². The number of sulfonamides is 1. The molecule has 0 unspecified atom stereocenters. The number of hydrogen-bond donors (Lipinski definition) is 1. The second-order valence-corrected chi connectivity index (χ2v) is 10.2. The van der Waals surface area contributed by atoms with Gasteiger partial charge in [-0.15, -0.1) is 0 Å². The lowest BCUT2D eigenvalue weighted by Crippen LogP contribution is -2.32. The van der Waals surface area contributed by atoms with Gasteiger partial charge in [0.05, 0.1) is 11.8 Å². The molecule has 6 nitrogen and oxygen atoms in total. The van der Waals surface area contributed by atoms with Gasteiger partial charge in [0, 0.05) is 40.0 Å². The molecule has 2 aromatic carbocycles. The van der Waals surface area contributed by atoms with Crippen LogP contribution in [0.2, 0.25) is 5.02 Å². The third-order valence-corrected chi connectivity index (χ3v) is 6.18. The maximum atomic E-state index is 13.3. The minimum Gasteiger partial charge on any atom is -0.331 e. The van der Waals surface area contributed by atoms with Crippen molar-refractivity contribution >= 4 is 49.8 Å². The van der Waals surface area contributed by atoms with Crippen LogP contribution in [0.1, 0.15) is 33.6 Å². The van der Waals surface area contributed by atoms with Crippen LogP contribution < -0.4 is 4.72 Å². The number of alkyl halides is 3. The van der Waals surface area contributed by atoms with Crippen molar-refractivity contribution in [3.63, 3.8) is 0 Å². The van der Waals surface area contributed by atoms with E-state index < -0.39 is 27.7 Å². The first kappa shape index (κ1) is 24.7. The van der Waals surface area contributed by atoms with Crippen LogP contribution in [0.4, 0.5) is 13.2 Å². The number of nitrogens with zero attached hydrogens (tertiary/aromatic N) is 1. The van der Waals surface area contributed by atoms with Crippen LogP contribution in [0, 0.1) is 0 Å². The Balaban J connectivity index is 2.02. The molecule has 1 heterocycles. The van der Waals surface area contributed by atoms with Gasteiger partial charge < -0.3 is 4.57 Å². The van der Waals surface area contributed by atoms with E-state index in [4.69, 9.17) is 11.6 Å². The van der Waals surface area contributed by atoms with E-state index in [2.05, 4.69) is 0 Å². The SMILES string of the molecule is CS(=O)(=O)NC(=O)c1c(C2=CC=CCC2=O)c2cc(Cl)ccc2n1Cc1cccc(C(F)(F)F)c1. The quantitative estimate of drug-likeness (QED) is 0.513. The average molecular weight is 523 g/mol. The Kier molecular flexibility index (Phi) is 6.37. The molecule has 0 fully saturated rings. The number of ketones is 1. The Morgan fingerprint density at radius 3 is 2.57 bits per heavy atom. The van der Waals surface area contributed by atoms with Crippen LogP contribution in [0.5, 0.6) is 0 Å². The first-order chi connectivity index (χ1) is 16.3. The molecule has 0 bridgehead atoms. The Morgan fingerprint density at radius 1 is 1.17 bits per heavy atom. The Hall–Kier alpha value is -3.37. The highest BCUT2D eigenvalue weighted by atomic mass is 35.5. The molecule has 182 valence electrons. The van der Waals surface area contributed by atoms with Gasteiger partial charge in [-0.1, -0.05) is 42.0 Å². The van der Waals surface area contributed by atoms with E-state index in [-0.39, 0.29) is 41.1 Å². The predicted octanol–water partition coefficient (Wildman–Crippen LogP) is 4.96. The molecule has 3 aromatic rings. The first-order valence-corrected chi connectivity index (χ1v) is 12.5. The van der Waals surface area contributed by atoms with Gasteiger partial charge in [0.25, 0.3) is 5.91 Å². The number of rotatable bonds is 5. The van der Waals surface area contributed by atoms with Crippen LogP contribution in [0.15, 0.2) is 60.7 Å². The molecule has 0 atom stereocenters. The van der Waals surface area contributed by atoms with Crippen LogP contribution in [0.25, 0.3) is 16.5 Å². The smallest absolute Gasteiger partial charge is 0.331 e. The maximum Gasteiger partial charge on any atom is 0.416 e. The lowest BCUT2D eigenvalue weighted by Gasteiger charge is -2.15. The second kappa shape index (κ2) is 9.01. The zero-order valence-electron chi connectivity index (χ0n) is 18.2. The minimum atomic E-state index is -4.57. The van der Waals surface area contributed by atoms with Gasteiger partial charge in [-0.3, -0.25) is 9.59 Å². The van der Waals surface area contributed by atoms with Crippen LogP contribution >= 0.6 is 11.6 Å². The number of benzene rings is 2. The number of amides is 1. The van der Waals surface area contributed by atoms with Gasteiger partial charge in [0.15, 0.2) is 5.78 Å². The summed E-state index contributed by atoms with van der Waals surface area (Å²) in [6.45, 7) is -0.203. The predicted molar refractivity (Wildman–Crippen MR) is 127 cm³/mol. The molecule has 1 aliphatic rings. The van der Waals surface area contributed by atoms with Gasteiger partial charge in [0.1, 0.15) is 5.69 Å². The summed E-state index contributed by atoms with van der Waals surface area (Å²) >= 11 is 6.20. The Morgan fingerprint density at radius 2 is 1.91 bits per heavy atom. The molecular weight excluding hydrogens is 505 g/mol. The maximum absolute atomic E-state index is 13.3. The largest absolute Gasteiger partial charge is 0.416 e. The number of Topliss-reactive ketones (excluding diaryl/α,β-unsaturated/α-hetero) is 1. The van der Waals surface area contributed by atoms with Crippen LogP contribution in [-0.4, -0.2) is 30.9 Å². The van der Waals surface area contributed by atoms with Gasteiger partial charge in [-0.25, -0.2) is 13.1 Å². The molecule has 0 spiro atoms. The van der Waals surface area contributed by atoms with Gasteiger partial charge >= 0.3 is 6.18 Å². The van der Waals surface area contributed by atoms with E-state index in [0.717, 1.165) is 18.4 Å². The average Bonchev–Trinajstić information content (AvgIpc) is 3.05. The lowest BCUT2D eigenvalue weighted by molar-refractivity contribution is -0.137. The molecule has 11 heteroatoms. The summed E-state index contributed by atoms with van der Waals surface area (Å²) in [4.78, 5) is 26.0. The number of carbonyl (C=O) groups excluding carboxylic acids is 2. The highest BCUT2D eigenvalue weighted by molar-refractivity contribution is 7.89. The second-order valence-electron chi connectivity index (χ2n) is 8.01. The van der Waals surface area contributed by atoms with E-state index in [9.17, 15) is 31.2 Å². The molecule has 4 rings (SSSR count). The fourth-order valence-electron chi connectivity index (χ4n) is 4.01.